The highest BCUT2D eigenvalue weighted by molar-refractivity contribution is 9.10. The number of thioether (sulfide) groups is 1. The number of hydrogen-bond donors (Lipinski definition) is 2. The number of halogens is 1. The van der Waals surface area contributed by atoms with Crippen LogP contribution in [0.2, 0.25) is 0 Å². The van der Waals surface area contributed by atoms with Crippen LogP contribution < -0.4 is 11.5 Å². The van der Waals surface area contributed by atoms with Gasteiger partial charge in [0, 0.05) is 28.7 Å². The van der Waals surface area contributed by atoms with Gasteiger partial charge in [0.1, 0.15) is 11.6 Å². The molecule has 0 saturated heterocycles. The molecule has 0 radical (unpaired) electrons. The van der Waals surface area contributed by atoms with Gasteiger partial charge in [-0.15, -0.1) is 0 Å². The molecule has 5 nitrogen and oxygen atoms in total. The quantitative estimate of drug-likeness (QED) is 0.666. The minimum Gasteiger partial charge on any atom is -0.383 e. The molecule has 0 aliphatic carbocycles. The maximum absolute atomic E-state index is 5.59. The maximum Gasteiger partial charge on any atom is 0.191 e. The minimum atomic E-state index is 0.382. The van der Waals surface area contributed by atoms with Gasteiger partial charge in [0.2, 0.25) is 0 Å². The van der Waals surface area contributed by atoms with Crippen LogP contribution in [-0.2, 0) is 5.75 Å². The van der Waals surface area contributed by atoms with E-state index in [1.165, 1.54) is 17.8 Å². The summed E-state index contributed by atoms with van der Waals surface area (Å²) in [6.07, 6.45) is 3.54. The second kappa shape index (κ2) is 5.33. The third-order valence-corrected chi connectivity index (χ3v) is 3.23. The van der Waals surface area contributed by atoms with Gasteiger partial charge in [-0.2, -0.15) is 0 Å². The molecule has 4 N–H and O–H groups in total. The number of nitrogens with two attached hydrogens (primary N) is 2. The van der Waals surface area contributed by atoms with E-state index in [1.54, 1.807) is 12.4 Å². The molecule has 0 spiro atoms. The number of aromatic nitrogens is 3. The van der Waals surface area contributed by atoms with E-state index >= 15 is 0 Å². The Morgan fingerprint density at radius 1 is 1.12 bits per heavy atom. The second-order valence-electron chi connectivity index (χ2n) is 3.30. The van der Waals surface area contributed by atoms with Crippen molar-refractivity contribution in [2.75, 3.05) is 11.5 Å². The summed E-state index contributed by atoms with van der Waals surface area (Å²) in [4.78, 5) is 12.3. The van der Waals surface area contributed by atoms with Gasteiger partial charge in [-0.05, 0) is 27.6 Å². The predicted octanol–water partition coefficient (Wildman–Crippen LogP) is 2.09. The molecule has 2 aromatic rings. The van der Waals surface area contributed by atoms with Crippen LogP contribution in [0.25, 0.3) is 0 Å². The maximum atomic E-state index is 5.59. The Morgan fingerprint density at radius 3 is 2.47 bits per heavy atom. The highest BCUT2D eigenvalue weighted by Gasteiger charge is 2.02. The molecule has 0 aromatic carbocycles. The zero-order valence-electron chi connectivity index (χ0n) is 8.80. The summed E-state index contributed by atoms with van der Waals surface area (Å²) < 4.78 is 0.948. The fourth-order valence-corrected chi connectivity index (χ4v) is 2.41. The summed E-state index contributed by atoms with van der Waals surface area (Å²) >= 11 is 4.84. The first kappa shape index (κ1) is 12.1. The molecule has 2 aromatic heterocycles. The van der Waals surface area contributed by atoms with Crippen LogP contribution in [0.4, 0.5) is 11.6 Å². The zero-order chi connectivity index (χ0) is 12.3. The smallest absolute Gasteiger partial charge is 0.191 e. The van der Waals surface area contributed by atoms with Crippen molar-refractivity contribution in [3.63, 3.8) is 0 Å². The molecule has 2 heterocycles. The zero-order valence-corrected chi connectivity index (χ0v) is 11.2. The molecule has 0 bridgehead atoms. The normalized spacial score (nSPS) is 10.4. The highest BCUT2D eigenvalue weighted by atomic mass is 79.9. The van der Waals surface area contributed by atoms with Crippen molar-refractivity contribution in [3.05, 3.63) is 34.6 Å². The Balaban J connectivity index is 2.07. The van der Waals surface area contributed by atoms with Crippen LogP contribution in [0.1, 0.15) is 5.56 Å². The van der Waals surface area contributed by atoms with Crippen LogP contribution in [0, 0.1) is 0 Å². The van der Waals surface area contributed by atoms with Gasteiger partial charge in [-0.25, -0.2) is 9.97 Å². The van der Waals surface area contributed by atoms with Crippen LogP contribution in [0.15, 0.2) is 34.2 Å². The van der Waals surface area contributed by atoms with Gasteiger partial charge in [0.25, 0.3) is 0 Å². The molecule has 17 heavy (non-hydrogen) atoms. The largest absolute Gasteiger partial charge is 0.383 e. The summed E-state index contributed by atoms with van der Waals surface area (Å²) in [5.74, 6) is 1.48. The molecule has 0 unspecified atom stereocenters. The molecular formula is C10H10BrN5S. The predicted molar refractivity (Wildman–Crippen MR) is 72.4 cm³/mol. The Hall–Kier alpha value is -1.34. The average molecular weight is 312 g/mol. The lowest BCUT2D eigenvalue weighted by Crippen LogP contribution is -1.99. The summed E-state index contributed by atoms with van der Waals surface area (Å²) in [6.45, 7) is 0. The minimum absolute atomic E-state index is 0.382. The average Bonchev–Trinajstić information content (AvgIpc) is 2.25. The lowest BCUT2D eigenvalue weighted by atomic mass is 10.3. The molecule has 0 aliphatic heterocycles. The van der Waals surface area contributed by atoms with E-state index in [0.29, 0.717) is 16.8 Å². The SMILES string of the molecule is Nc1cc(N)nc(SCc2cncc(Br)c2)n1. The fourth-order valence-electron chi connectivity index (χ4n) is 1.21. The van der Waals surface area contributed by atoms with Gasteiger partial charge >= 0.3 is 0 Å². The van der Waals surface area contributed by atoms with Crippen molar-refractivity contribution in [1.82, 2.24) is 15.0 Å². The summed E-state index contributed by atoms with van der Waals surface area (Å²) in [7, 11) is 0. The van der Waals surface area contributed by atoms with Gasteiger partial charge in [0.05, 0.1) is 0 Å². The number of nitrogens with zero attached hydrogens (tertiary/aromatic N) is 3. The van der Waals surface area contributed by atoms with Crippen molar-refractivity contribution >= 4 is 39.3 Å². The Labute approximate surface area is 111 Å². The van der Waals surface area contributed by atoms with Gasteiger partial charge in [-0.3, -0.25) is 4.98 Å². The van der Waals surface area contributed by atoms with E-state index < -0.39 is 0 Å². The van der Waals surface area contributed by atoms with E-state index in [9.17, 15) is 0 Å². The van der Waals surface area contributed by atoms with Crippen LogP contribution in [-0.4, -0.2) is 15.0 Å². The molecule has 0 saturated carbocycles. The third kappa shape index (κ3) is 3.57. The molecule has 88 valence electrons. The first-order valence-corrected chi connectivity index (χ1v) is 6.53. The fraction of sp³-hybridized carbons (Fsp3) is 0.100. The molecule has 7 heteroatoms. The van der Waals surface area contributed by atoms with E-state index in [4.69, 9.17) is 11.5 Å². The first-order chi connectivity index (χ1) is 8.13. The summed E-state index contributed by atoms with van der Waals surface area (Å²) in [5.41, 5.74) is 12.3. The Morgan fingerprint density at radius 2 is 1.82 bits per heavy atom. The Kier molecular flexibility index (Phi) is 3.80. The molecule has 0 fully saturated rings. The van der Waals surface area contributed by atoms with Crippen LogP contribution in [0.5, 0.6) is 0 Å². The molecular weight excluding hydrogens is 302 g/mol. The highest BCUT2D eigenvalue weighted by Crippen LogP contribution is 2.22. The van der Waals surface area contributed by atoms with Crippen molar-refractivity contribution in [1.29, 1.82) is 0 Å². The lowest BCUT2D eigenvalue weighted by Gasteiger charge is -2.03. The number of rotatable bonds is 3. The number of pyridine rings is 1. The molecule has 0 amide bonds. The van der Waals surface area contributed by atoms with Gasteiger partial charge in [-0.1, -0.05) is 11.8 Å². The lowest BCUT2D eigenvalue weighted by molar-refractivity contribution is 0.983. The Bertz CT molecular complexity index is 514. The summed E-state index contributed by atoms with van der Waals surface area (Å²) in [5, 5.41) is 0.572. The van der Waals surface area contributed by atoms with Crippen molar-refractivity contribution in [3.8, 4) is 0 Å². The van der Waals surface area contributed by atoms with Crippen molar-refractivity contribution in [2.45, 2.75) is 10.9 Å². The third-order valence-electron chi connectivity index (χ3n) is 1.87. The van der Waals surface area contributed by atoms with E-state index in [-0.39, 0.29) is 0 Å². The number of hydrogen-bond acceptors (Lipinski definition) is 6. The van der Waals surface area contributed by atoms with Gasteiger partial charge < -0.3 is 11.5 Å². The monoisotopic (exact) mass is 311 g/mol. The number of nitrogen functional groups attached to an aromatic ring is 2. The van der Waals surface area contributed by atoms with Crippen molar-refractivity contribution in [2.24, 2.45) is 0 Å². The topological polar surface area (TPSA) is 90.7 Å². The molecule has 0 atom stereocenters. The van der Waals surface area contributed by atoms with Crippen LogP contribution >= 0.6 is 27.7 Å². The summed E-state index contributed by atoms with van der Waals surface area (Å²) in [6, 6.07) is 3.53. The standard InChI is InChI=1S/C10H10BrN5S/c11-7-1-6(3-14-4-7)5-17-10-15-8(12)2-9(13)16-10/h1-4H,5H2,(H4,12,13,15,16). The van der Waals surface area contributed by atoms with Gasteiger partial charge in [0.15, 0.2) is 5.16 Å². The molecule has 0 aliphatic rings. The van der Waals surface area contributed by atoms with E-state index in [1.807, 2.05) is 6.07 Å². The first-order valence-electron chi connectivity index (χ1n) is 4.76. The van der Waals surface area contributed by atoms with E-state index in [2.05, 4.69) is 30.9 Å². The van der Waals surface area contributed by atoms with Crippen LogP contribution in [0.3, 0.4) is 0 Å². The second-order valence-corrected chi connectivity index (χ2v) is 5.16. The van der Waals surface area contributed by atoms with E-state index in [0.717, 1.165) is 15.8 Å². The number of anilines is 2. The molecule has 2 rings (SSSR count). The van der Waals surface area contributed by atoms with Crippen molar-refractivity contribution < 1.29 is 0 Å².